The van der Waals surface area contributed by atoms with Crippen molar-refractivity contribution in [3.05, 3.63) is 60.8 Å². The molecule has 2 aromatic carbocycles. The Hall–Kier alpha value is -3.12. The van der Waals surface area contributed by atoms with Crippen LogP contribution in [0.3, 0.4) is 0 Å². The molecule has 4 N–H and O–H groups in total. The van der Waals surface area contributed by atoms with Crippen molar-refractivity contribution >= 4 is 17.5 Å². The molecule has 1 heterocycles. The molecule has 0 aliphatic heterocycles. The van der Waals surface area contributed by atoms with Crippen molar-refractivity contribution in [2.45, 2.75) is 0 Å². The number of ether oxygens (including phenoxy) is 1. The molecule has 116 valence electrons. The van der Waals surface area contributed by atoms with E-state index >= 15 is 0 Å². The fraction of sp³-hybridized carbons (Fsp3) is 0.0588. The second-order valence-electron chi connectivity index (χ2n) is 4.79. The number of methoxy groups -OCH3 is 1. The Bertz CT molecular complexity index is 792. The zero-order valence-electron chi connectivity index (χ0n) is 12.7. The molecule has 1 aromatic heterocycles. The van der Waals surface area contributed by atoms with Gasteiger partial charge in [-0.25, -0.2) is 10.8 Å². The molecular formula is C17H17N5O. The summed E-state index contributed by atoms with van der Waals surface area (Å²) in [5.41, 5.74) is 5.16. The average Bonchev–Trinajstić information content (AvgIpc) is 2.62. The van der Waals surface area contributed by atoms with E-state index in [0.717, 1.165) is 22.6 Å². The van der Waals surface area contributed by atoms with Gasteiger partial charge in [0.2, 0.25) is 5.95 Å². The van der Waals surface area contributed by atoms with Crippen molar-refractivity contribution in [1.29, 1.82) is 0 Å². The minimum atomic E-state index is 0.461. The number of hydrogen-bond acceptors (Lipinski definition) is 6. The van der Waals surface area contributed by atoms with Gasteiger partial charge in [0.05, 0.1) is 7.11 Å². The van der Waals surface area contributed by atoms with Crippen molar-refractivity contribution in [3.8, 4) is 16.9 Å². The number of benzene rings is 2. The Balaban J connectivity index is 1.97. The number of nitrogens with zero attached hydrogens (tertiary/aromatic N) is 2. The van der Waals surface area contributed by atoms with Crippen molar-refractivity contribution in [2.75, 3.05) is 17.9 Å². The molecular weight excluding hydrogens is 290 g/mol. The van der Waals surface area contributed by atoms with Gasteiger partial charge in [-0.1, -0.05) is 36.4 Å². The highest BCUT2D eigenvalue weighted by atomic mass is 16.5. The summed E-state index contributed by atoms with van der Waals surface area (Å²) in [6, 6.07) is 17.3. The fourth-order valence-corrected chi connectivity index (χ4v) is 2.27. The van der Waals surface area contributed by atoms with Crippen LogP contribution in [0.5, 0.6) is 5.75 Å². The van der Waals surface area contributed by atoms with Crippen LogP contribution in [0.15, 0.2) is 60.8 Å². The first-order chi connectivity index (χ1) is 11.3. The standard InChI is InChI=1S/C17H17N5O/c1-23-15-10-6-5-9-13(15)14-11-19-17(21-16(14)22-18)20-12-7-3-2-4-8-12/h2-11H,18H2,1H3,(H2,19,20,21,22). The molecule has 3 rings (SSSR count). The van der Waals surface area contributed by atoms with Gasteiger partial charge >= 0.3 is 0 Å². The maximum absolute atomic E-state index is 5.63. The summed E-state index contributed by atoms with van der Waals surface area (Å²) < 4.78 is 5.39. The lowest BCUT2D eigenvalue weighted by Gasteiger charge is -2.13. The number of anilines is 3. The third-order valence-corrected chi connectivity index (χ3v) is 3.35. The molecule has 6 heteroatoms. The Morgan fingerprint density at radius 3 is 2.43 bits per heavy atom. The lowest BCUT2D eigenvalue weighted by molar-refractivity contribution is 0.416. The molecule has 0 aliphatic rings. The Morgan fingerprint density at radius 2 is 1.70 bits per heavy atom. The van der Waals surface area contributed by atoms with Crippen molar-refractivity contribution in [3.63, 3.8) is 0 Å². The minimum absolute atomic E-state index is 0.461. The van der Waals surface area contributed by atoms with E-state index in [-0.39, 0.29) is 0 Å². The van der Waals surface area contributed by atoms with E-state index in [1.165, 1.54) is 0 Å². The molecule has 0 radical (unpaired) electrons. The quantitative estimate of drug-likeness (QED) is 0.496. The van der Waals surface area contributed by atoms with Crippen LogP contribution in [0.2, 0.25) is 0 Å². The van der Waals surface area contributed by atoms with E-state index in [1.807, 2.05) is 54.6 Å². The SMILES string of the molecule is COc1ccccc1-c1cnc(Nc2ccccc2)nc1NN. The number of hydrogen-bond donors (Lipinski definition) is 3. The van der Waals surface area contributed by atoms with E-state index in [1.54, 1.807) is 13.3 Å². The number of nitrogens with two attached hydrogens (primary N) is 1. The molecule has 0 amide bonds. The highest BCUT2D eigenvalue weighted by molar-refractivity contribution is 5.79. The number of hydrazine groups is 1. The van der Waals surface area contributed by atoms with E-state index in [4.69, 9.17) is 10.6 Å². The summed E-state index contributed by atoms with van der Waals surface area (Å²) in [7, 11) is 1.63. The molecule has 0 unspecified atom stereocenters. The van der Waals surface area contributed by atoms with Crippen molar-refractivity contribution in [2.24, 2.45) is 5.84 Å². The molecule has 0 spiro atoms. The third-order valence-electron chi connectivity index (χ3n) is 3.35. The summed E-state index contributed by atoms with van der Waals surface area (Å²) in [5, 5.41) is 3.14. The predicted octanol–water partition coefficient (Wildman–Crippen LogP) is 3.18. The summed E-state index contributed by atoms with van der Waals surface area (Å²) in [6.45, 7) is 0. The molecule has 0 saturated heterocycles. The molecule has 0 fully saturated rings. The van der Waals surface area contributed by atoms with Gasteiger partial charge in [-0.05, 0) is 18.2 Å². The molecule has 0 atom stereocenters. The van der Waals surface area contributed by atoms with Gasteiger partial charge in [-0.15, -0.1) is 0 Å². The average molecular weight is 307 g/mol. The zero-order valence-corrected chi connectivity index (χ0v) is 12.7. The van der Waals surface area contributed by atoms with Crippen LogP contribution in [0.1, 0.15) is 0 Å². The van der Waals surface area contributed by atoms with Gasteiger partial charge in [-0.3, -0.25) is 0 Å². The van der Waals surface area contributed by atoms with Gasteiger partial charge in [0, 0.05) is 23.0 Å². The lowest BCUT2D eigenvalue weighted by Crippen LogP contribution is -2.12. The van der Waals surface area contributed by atoms with Crippen LogP contribution < -0.4 is 21.3 Å². The van der Waals surface area contributed by atoms with E-state index in [9.17, 15) is 0 Å². The second kappa shape index (κ2) is 6.76. The predicted molar refractivity (Wildman–Crippen MR) is 91.6 cm³/mol. The first-order valence-corrected chi connectivity index (χ1v) is 7.11. The van der Waals surface area contributed by atoms with Crippen LogP contribution in [0.25, 0.3) is 11.1 Å². The Labute approximate surface area is 134 Å². The minimum Gasteiger partial charge on any atom is -0.496 e. The highest BCUT2D eigenvalue weighted by Crippen LogP contribution is 2.33. The topological polar surface area (TPSA) is 85.1 Å². The summed E-state index contributed by atoms with van der Waals surface area (Å²) in [5.74, 6) is 7.34. The number of aromatic nitrogens is 2. The van der Waals surface area contributed by atoms with Crippen LogP contribution in [0.4, 0.5) is 17.5 Å². The molecule has 23 heavy (non-hydrogen) atoms. The Kier molecular flexibility index (Phi) is 4.35. The maximum Gasteiger partial charge on any atom is 0.229 e. The van der Waals surface area contributed by atoms with E-state index in [0.29, 0.717) is 11.8 Å². The number of nitrogen functional groups attached to an aromatic ring is 1. The number of rotatable bonds is 5. The van der Waals surface area contributed by atoms with Crippen LogP contribution in [-0.4, -0.2) is 17.1 Å². The molecule has 0 aliphatic carbocycles. The molecule has 0 saturated carbocycles. The second-order valence-corrected chi connectivity index (χ2v) is 4.79. The highest BCUT2D eigenvalue weighted by Gasteiger charge is 2.12. The number of para-hydroxylation sites is 2. The fourth-order valence-electron chi connectivity index (χ4n) is 2.27. The van der Waals surface area contributed by atoms with Gasteiger partial charge in [0.1, 0.15) is 5.75 Å². The van der Waals surface area contributed by atoms with Crippen LogP contribution in [0, 0.1) is 0 Å². The lowest BCUT2D eigenvalue weighted by atomic mass is 10.1. The zero-order chi connectivity index (χ0) is 16.1. The van der Waals surface area contributed by atoms with Gasteiger partial charge in [0.15, 0.2) is 5.82 Å². The first-order valence-electron chi connectivity index (χ1n) is 7.11. The third kappa shape index (κ3) is 3.22. The smallest absolute Gasteiger partial charge is 0.229 e. The van der Waals surface area contributed by atoms with Crippen molar-refractivity contribution < 1.29 is 4.74 Å². The maximum atomic E-state index is 5.63. The van der Waals surface area contributed by atoms with Gasteiger partial charge in [0.25, 0.3) is 0 Å². The number of nitrogens with one attached hydrogen (secondary N) is 2. The normalized spacial score (nSPS) is 10.2. The Morgan fingerprint density at radius 1 is 0.957 bits per heavy atom. The summed E-state index contributed by atoms with van der Waals surface area (Å²) in [6.07, 6.45) is 1.71. The molecule has 3 aromatic rings. The van der Waals surface area contributed by atoms with Crippen LogP contribution >= 0.6 is 0 Å². The summed E-state index contributed by atoms with van der Waals surface area (Å²) in [4.78, 5) is 8.79. The van der Waals surface area contributed by atoms with Gasteiger partial charge in [-0.2, -0.15) is 4.98 Å². The molecule has 6 nitrogen and oxygen atoms in total. The molecule has 0 bridgehead atoms. The monoisotopic (exact) mass is 307 g/mol. The van der Waals surface area contributed by atoms with E-state index in [2.05, 4.69) is 20.7 Å². The van der Waals surface area contributed by atoms with Gasteiger partial charge < -0.3 is 15.5 Å². The van der Waals surface area contributed by atoms with Crippen molar-refractivity contribution in [1.82, 2.24) is 9.97 Å². The first kappa shape index (κ1) is 14.8. The largest absolute Gasteiger partial charge is 0.496 e. The van der Waals surface area contributed by atoms with Crippen LogP contribution in [-0.2, 0) is 0 Å². The summed E-state index contributed by atoms with van der Waals surface area (Å²) >= 11 is 0. The van der Waals surface area contributed by atoms with E-state index < -0.39 is 0 Å².